The molecule has 1 aromatic rings. The van der Waals surface area contributed by atoms with Gasteiger partial charge >= 0.3 is 0 Å². The van der Waals surface area contributed by atoms with Crippen LogP contribution in [0.1, 0.15) is 58.2 Å². The van der Waals surface area contributed by atoms with Crippen LogP contribution in [-0.4, -0.2) is 24.5 Å². The molecule has 114 valence electrons. The zero-order valence-corrected chi connectivity index (χ0v) is 14.1. The first-order chi connectivity index (χ1) is 9.16. The Morgan fingerprint density at radius 3 is 1.90 bits per heavy atom. The van der Waals surface area contributed by atoms with Gasteiger partial charge in [0.1, 0.15) is 0 Å². The summed E-state index contributed by atoms with van der Waals surface area (Å²) in [5, 5.41) is 0. The number of nitrogens with one attached hydrogen (secondary N) is 1. The van der Waals surface area contributed by atoms with Crippen molar-refractivity contribution in [2.45, 2.75) is 58.0 Å². The first-order valence-corrected chi connectivity index (χ1v) is 7.40. The summed E-state index contributed by atoms with van der Waals surface area (Å²) >= 11 is 0. The van der Waals surface area contributed by atoms with Crippen LogP contribution in [0.3, 0.4) is 0 Å². The standard InChI is InChI=1S/C17H31N3/c1-8-17(5,20(6)7)15(19-18)13-9-11-14(12-10-13)16(2,3)4/h9-12,15,19H,8,18H2,1-7H3. The molecular weight excluding hydrogens is 246 g/mol. The lowest BCUT2D eigenvalue weighted by Crippen LogP contribution is -2.53. The van der Waals surface area contributed by atoms with Crippen molar-refractivity contribution in [1.29, 1.82) is 0 Å². The number of hydrogen-bond donors (Lipinski definition) is 2. The van der Waals surface area contributed by atoms with Gasteiger partial charge in [-0.2, -0.15) is 0 Å². The summed E-state index contributed by atoms with van der Waals surface area (Å²) in [6.07, 6.45) is 1.02. The third kappa shape index (κ3) is 3.40. The molecule has 0 fully saturated rings. The summed E-state index contributed by atoms with van der Waals surface area (Å²) in [6.45, 7) is 11.1. The number of nitrogens with zero attached hydrogens (tertiary/aromatic N) is 1. The van der Waals surface area contributed by atoms with Gasteiger partial charge in [0.2, 0.25) is 0 Å². The van der Waals surface area contributed by atoms with Gasteiger partial charge in [0.15, 0.2) is 0 Å². The molecule has 0 spiro atoms. The first-order valence-electron chi connectivity index (χ1n) is 7.40. The molecule has 0 aromatic heterocycles. The summed E-state index contributed by atoms with van der Waals surface area (Å²) in [5.74, 6) is 5.85. The average molecular weight is 277 g/mol. The van der Waals surface area contributed by atoms with Gasteiger partial charge in [0.05, 0.1) is 6.04 Å². The Kier molecular flexibility index (Phi) is 5.36. The van der Waals surface area contributed by atoms with E-state index in [0.717, 1.165) is 6.42 Å². The maximum absolute atomic E-state index is 5.85. The predicted octanol–water partition coefficient (Wildman–Crippen LogP) is 3.22. The number of hydrogen-bond acceptors (Lipinski definition) is 3. The Labute approximate surface area is 124 Å². The number of nitrogens with two attached hydrogens (primary N) is 1. The fourth-order valence-electron chi connectivity index (χ4n) is 2.59. The van der Waals surface area contributed by atoms with E-state index in [-0.39, 0.29) is 17.0 Å². The van der Waals surface area contributed by atoms with Crippen molar-refractivity contribution in [3.63, 3.8) is 0 Å². The Morgan fingerprint density at radius 2 is 1.60 bits per heavy atom. The molecule has 0 saturated heterocycles. The Bertz CT molecular complexity index is 417. The number of hydrazine groups is 1. The fraction of sp³-hybridized carbons (Fsp3) is 0.647. The summed E-state index contributed by atoms with van der Waals surface area (Å²) in [4.78, 5) is 2.25. The smallest absolute Gasteiger partial charge is 0.0640 e. The molecule has 0 bridgehead atoms. The normalized spacial score (nSPS) is 17.1. The SMILES string of the molecule is CCC(C)(C(NN)c1ccc(C(C)(C)C)cc1)N(C)C. The van der Waals surface area contributed by atoms with E-state index in [2.05, 4.69) is 83.3 Å². The predicted molar refractivity (Wildman–Crippen MR) is 87.6 cm³/mol. The van der Waals surface area contributed by atoms with Crippen LogP contribution < -0.4 is 11.3 Å². The van der Waals surface area contributed by atoms with Crippen molar-refractivity contribution < 1.29 is 0 Å². The van der Waals surface area contributed by atoms with Crippen LogP contribution in [0.15, 0.2) is 24.3 Å². The molecule has 0 saturated carbocycles. The summed E-state index contributed by atoms with van der Waals surface area (Å²) < 4.78 is 0. The molecule has 2 unspecified atom stereocenters. The van der Waals surface area contributed by atoms with Gasteiger partial charge in [0.25, 0.3) is 0 Å². The summed E-state index contributed by atoms with van der Waals surface area (Å²) in [5.41, 5.74) is 5.75. The minimum atomic E-state index is -0.0159. The van der Waals surface area contributed by atoms with Crippen molar-refractivity contribution in [3.05, 3.63) is 35.4 Å². The number of benzene rings is 1. The van der Waals surface area contributed by atoms with Crippen LogP contribution in [0, 0.1) is 0 Å². The second-order valence-corrected chi connectivity index (χ2v) is 7.08. The largest absolute Gasteiger partial charge is 0.302 e. The second kappa shape index (κ2) is 6.25. The van der Waals surface area contributed by atoms with Gasteiger partial charge in [0, 0.05) is 5.54 Å². The highest BCUT2D eigenvalue weighted by molar-refractivity contribution is 5.31. The highest BCUT2D eigenvalue weighted by Gasteiger charge is 2.35. The average Bonchev–Trinajstić information content (AvgIpc) is 2.38. The highest BCUT2D eigenvalue weighted by atomic mass is 15.3. The van der Waals surface area contributed by atoms with Gasteiger partial charge in [-0.15, -0.1) is 0 Å². The minimum absolute atomic E-state index is 0.0159. The van der Waals surface area contributed by atoms with Crippen molar-refractivity contribution in [2.24, 2.45) is 5.84 Å². The summed E-state index contributed by atoms with van der Waals surface area (Å²) in [7, 11) is 4.22. The molecule has 0 heterocycles. The Balaban J connectivity index is 3.14. The van der Waals surface area contributed by atoms with E-state index in [1.54, 1.807) is 0 Å². The Hall–Kier alpha value is -0.900. The van der Waals surface area contributed by atoms with Gasteiger partial charge in [-0.05, 0) is 44.0 Å². The van der Waals surface area contributed by atoms with Crippen molar-refractivity contribution in [2.75, 3.05) is 14.1 Å². The van der Waals surface area contributed by atoms with Crippen LogP contribution in [0.25, 0.3) is 0 Å². The third-order valence-electron chi connectivity index (χ3n) is 4.64. The second-order valence-electron chi connectivity index (χ2n) is 7.08. The number of rotatable bonds is 5. The molecule has 3 heteroatoms. The first kappa shape index (κ1) is 17.2. The zero-order valence-electron chi connectivity index (χ0n) is 14.1. The molecule has 20 heavy (non-hydrogen) atoms. The lowest BCUT2D eigenvalue weighted by atomic mass is 9.81. The van der Waals surface area contributed by atoms with E-state index in [4.69, 9.17) is 5.84 Å². The van der Waals surface area contributed by atoms with Gasteiger partial charge in [-0.3, -0.25) is 11.3 Å². The van der Waals surface area contributed by atoms with Crippen LogP contribution in [0.5, 0.6) is 0 Å². The van der Waals surface area contributed by atoms with Gasteiger partial charge in [-0.25, -0.2) is 0 Å². The van der Waals surface area contributed by atoms with E-state index >= 15 is 0 Å². The molecule has 1 rings (SSSR count). The van der Waals surface area contributed by atoms with E-state index in [1.807, 2.05) is 0 Å². The quantitative estimate of drug-likeness (QED) is 0.641. The Morgan fingerprint density at radius 1 is 1.10 bits per heavy atom. The topological polar surface area (TPSA) is 41.3 Å². The molecule has 2 atom stereocenters. The lowest BCUT2D eigenvalue weighted by molar-refractivity contribution is 0.113. The monoisotopic (exact) mass is 277 g/mol. The maximum atomic E-state index is 5.85. The van der Waals surface area contributed by atoms with E-state index in [9.17, 15) is 0 Å². The molecule has 3 nitrogen and oxygen atoms in total. The van der Waals surface area contributed by atoms with Crippen LogP contribution in [0.2, 0.25) is 0 Å². The molecule has 0 aliphatic carbocycles. The minimum Gasteiger partial charge on any atom is -0.302 e. The molecule has 1 aromatic carbocycles. The molecule has 0 aliphatic heterocycles. The van der Waals surface area contributed by atoms with E-state index < -0.39 is 0 Å². The molecular formula is C17H31N3. The summed E-state index contributed by atoms with van der Waals surface area (Å²) in [6, 6.07) is 8.93. The zero-order chi connectivity index (χ0) is 15.6. The number of likely N-dealkylation sites (N-methyl/N-ethyl adjacent to an activating group) is 1. The van der Waals surface area contributed by atoms with Crippen LogP contribution in [0.4, 0.5) is 0 Å². The van der Waals surface area contributed by atoms with Crippen molar-refractivity contribution >= 4 is 0 Å². The molecule has 3 N–H and O–H groups in total. The highest BCUT2D eigenvalue weighted by Crippen LogP contribution is 2.33. The molecule has 0 aliphatic rings. The maximum Gasteiger partial charge on any atom is 0.0640 e. The van der Waals surface area contributed by atoms with Gasteiger partial charge in [-0.1, -0.05) is 52.0 Å². The fourth-order valence-corrected chi connectivity index (χ4v) is 2.59. The van der Waals surface area contributed by atoms with Gasteiger partial charge < -0.3 is 4.90 Å². The lowest BCUT2D eigenvalue weighted by Gasteiger charge is -2.42. The van der Waals surface area contributed by atoms with Crippen LogP contribution >= 0.6 is 0 Å². The van der Waals surface area contributed by atoms with Crippen molar-refractivity contribution in [1.82, 2.24) is 10.3 Å². The molecule has 0 radical (unpaired) electrons. The van der Waals surface area contributed by atoms with Crippen molar-refractivity contribution in [3.8, 4) is 0 Å². The molecule has 0 amide bonds. The van der Waals surface area contributed by atoms with Crippen LogP contribution in [-0.2, 0) is 5.41 Å². The van der Waals surface area contributed by atoms with E-state index in [0.29, 0.717) is 0 Å². The third-order valence-corrected chi connectivity index (χ3v) is 4.64. The van der Waals surface area contributed by atoms with E-state index in [1.165, 1.54) is 11.1 Å².